The summed E-state index contributed by atoms with van der Waals surface area (Å²) in [5.41, 5.74) is -1.31. The van der Waals surface area contributed by atoms with Gasteiger partial charge in [0.2, 0.25) is 0 Å². The van der Waals surface area contributed by atoms with Gasteiger partial charge in [-0.3, -0.25) is 0 Å². The number of hydrogen-bond acceptors (Lipinski definition) is 8. The molecule has 1 saturated carbocycles. The topological polar surface area (TPSA) is 95.8 Å². The highest BCUT2D eigenvalue weighted by atomic mass is 16.5. The molecule has 2 aliphatic heterocycles. The van der Waals surface area contributed by atoms with Crippen LogP contribution in [-0.2, 0) is 28.5 Å². The second-order valence-electron chi connectivity index (χ2n) is 8.78. The maximum atomic E-state index is 11.7. The monoisotopic (exact) mass is 418 g/mol. The van der Waals surface area contributed by atoms with Gasteiger partial charge >= 0.3 is 11.9 Å². The van der Waals surface area contributed by atoms with Crippen LogP contribution < -0.4 is 0 Å². The van der Waals surface area contributed by atoms with Crippen LogP contribution in [-0.4, -0.2) is 49.0 Å². The fourth-order valence-corrected chi connectivity index (χ4v) is 3.97. The van der Waals surface area contributed by atoms with Gasteiger partial charge in [0.25, 0.3) is 0 Å². The Morgan fingerprint density at radius 1 is 0.833 bits per heavy atom. The zero-order valence-corrected chi connectivity index (χ0v) is 18.5. The molecule has 0 N–H and O–H groups in total. The Labute approximate surface area is 177 Å². The molecule has 0 aromatic heterocycles. The Balaban J connectivity index is 1.87. The SMILES string of the molecule is COC(=O)/C=C1/OC([C@H]2CCCC[C@@H]2C2=NC(C)(C)/C(=C\C(=O)OC)O2)=NC1(C)C. The molecule has 0 amide bonds. The lowest BCUT2D eigenvalue weighted by molar-refractivity contribution is -0.136. The third-order valence-corrected chi connectivity index (χ3v) is 5.72. The molecule has 164 valence electrons. The van der Waals surface area contributed by atoms with Crippen molar-refractivity contribution in [3.05, 3.63) is 23.7 Å². The molecule has 0 unspecified atom stereocenters. The van der Waals surface area contributed by atoms with Crippen molar-refractivity contribution < 1.29 is 28.5 Å². The number of nitrogens with zero attached hydrogens (tertiary/aromatic N) is 2. The lowest BCUT2D eigenvalue weighted by atomic mass is 9.78. The Morgan fingerprint density at radius 3 is 1.53 bits per heavy atom. The summed E-state index contributed by atoms with van der Waals surface area (Å²) in [5, 5.41) is 0. The van der Waals surface area contributed by atoms with Gasteiger partial charge in [0, 0.05) is 11.8 Å². The largest absolute Gasteiger partial charge is 0.466 e. The smallest absolute Gasteiger partial charge is 0.333 e. The van der Waals surface area contributed by atoms with E-state index in [1.54, 1.807) is 0 Å². The van der Waals surface area contributed by atoms with Crippen LogP contribution in [0.3, 0.4) is 0 Å². The number of esters is 2. The van der Waals surface area contributed by atoms with E-state index in [0.717, 1.165) is 25.7 Å². The van der Waals surface area contributed by atoms with Crippen molar-refractivity contribution in [2.24, 2.45) is 21.8 Å². The van der Waals surface area contributed by atoms with E-state index in [-0.39, 0.29) is 11.8 Å². The standard InChI is InChI=1S/C22H30N2O6/c1-21(2)15(11-17(25)27-5)29-19(23-21)13-9-7-8-10-14(13)20-24-22(3,4)16(30-20)12-18(26)28-6/h11-14H,7-10H2,1-6H3/b15-11+,16-12+/t13-,14-/m0/s1. The molecule has 0 radical (unpaired) electrons. The predicted octanol–water partition coefficient (Wildman–Crippen LogP) is 3.32. The molecular formula is C22H30N2O6. The molecule has 8 nitrogen and oxygen atoms in total. The quantitative estimate of drug-likeness (QED) is 0.513. The highest BCUT2D eigenvalue weighted by molar-refractivity contribution is 5.93. The Bertz CT molecular complexity index is 780. The van der Waals surface area contributed by atoms with Crippen molar-refractivity contribution in [1.82, 2.24) is 0 Å². The van der Waals surface area contributed by atoms with Crippen molar-refractivity contribution in [3.63, 3.8) is 0 Å². The number of aliphatic imine (C=N–C) groups is 2. The van der Waals surface area contributed by atoms with Crippen LogP contribution in [0.25, 0.3) is 0 Å². The first-order valence-corrected chi connectivity index (χ1v) is 10.2. The van der Waals surface area contributed by atoms with E-state index in [2.05, 4.69) is 0 Å². The van der Waals surface area contributed by atoms with Crippen LogP contribution in [0, 0.1) is 11.8 Å². The minimum absolute atomic E-state index is 0.0198. The number of carbonyl (C=O) groups is 2. The van der Waals surface area contributed by atoms with Crippen LogP contribution in [0.1, 0.15) is 53.4 Å². The summed E-state index contributed by atoms with van der Waals surface area (Å²) in [6.07, 6.45) is 6.54. The average molecular weight is 418 g/mol. The summed E-state index contributed by atoms with van der Waals surface area (Å²) in [4.78, 5) is 33.0. The summed E-state index contributed by atoms with van der Waals surface area (Å²) in [5.74, 6) is 1.13. The second kappa shape index (κ2) is 8.24. The molecular weight excluding hydrogens is 388 g/mol. The molecule has 2 heterocycles. The van der Waals surface area contributed by atoms with Crippen LogP contribution in [0.5, 0.6) is 0 Å². The zero-order chi connectivity index (χ0) is 22.1. The molecule has 0 spiro atoms. The third-order valence-electron chi connectivity index (χ3n) is 5.72. The number of ether oxygens (including phenoxy) is 4. The zero-order valence-electron chi connectivity index (χ0n) is 18.5. The first-order chi connectivity index (χ1) is 14.1. The number of methoxy groups -OCH3 is 2. The molecule has 3 rings (SSSR count). The number of rotatable bonds is 4. The summed E-state index contributed by atoms with van der Waals surface area (Å²) in [7, 11) is 2.66. The molecule has 3 aliphatic rings. The van der Waals surface area contributed by atoms with Gasteiger partial charge in [0.1, 0.15) is 22.6 Å². The molecule has 2 atom stereocenters. The van der Waals surface area contributed by atoms with Crippen molar-refractivity contribution in [2.75, 3.05) is 14.2 Å². The fraction of sp³-hybridized carbons (Fsp3) is 0.636. The van der Waals surface area contributed by atoms with E-state index < -0.39 is 23.0 Å². The van der Waals surface area contributed by atoms with Gasteiger partial charge < -0.3 is 18.9 Å². The molecule has 0 aromatic rings. The molecule has 1 fully saturated rings. The summed E-state index contributed by atoms with van der Waals surface area (Å²) >= 11 is 0. The Morgan fingerprint density at radius 2 is 1.20 bits per heavy atom. The number of carbonyl (C=O) groups excluding carboxylic acids is 2. The normalized spacial score (nSPS) is 29.7. The van der Waals surface area contributed by atoms with Gasteiger partial charge in [0.15, 0.2) is 11.8 Å². The van der Waals surface area contributed by atoms with Gasteiger partial charge in [0.05, 0.1) is 26.4 Å². The molecule has 30 heavy (non-hydrogen) atoms. The van der Waals surface area contributed by atoms with Crippen LogP contribution in [0.4, 0.5) is 0 Å². The van der Waals surface area contributed by atoms with Crippen LogP contribution in [0.2, 0.25) is 0 Å². The highest BCUT2D eigenvalue weighted by Gasteiger charge is 2.45. The molecule has 0 aromatic carbocycles. The van der Waals surface area contributed by atoms with Gasteiger partial charge in [-0.25, -0.2) is 19.6 Å². The fourth-order valence-electron chi connectivity index (χ4n) is 3.97. The Kier molecular flexibility index (Phi) is 6.06. The Hall–Kier alpha value is -2.64. The first kappa shape index (κ1) is 22.1. The highest BCUT2D eigenvalue weighted by Crippen LogP contribution is 2.42. The molecule has 0 bridgehead atoms. The van der Waals surface area contributed by atoms with Gasteiger partial charge in [-0.05, 0) is 40.5 Å². The van der Waals surface area contributed by atoms with Crippen LogP contribution in [0.15, 0.2) is 33.7 Å². The van der Waals surface area contributed by atoms with Crippen molar-refractivity contribution in [3.8, 4) is 0 Å². The summed E-state index contributed by atoms with van der Waals surface area (Å²) in [6.45, 7) is 7.60. The molecule has 8 heteroatoms. The lowest BCUT2D eigenvalue weighted by Gasteiger charge is -2.30. The van der Waals surface area contributed by atoms with E-state index in [0.29, 0.717) is 23.3 Å². The van der Waals surface area contributed by atoms with Gasteiger partial charge in [-0.2, -0.15) is 0 Å². The van der Waals surface area contributed by atoms with Crippen molar-refractivity contribution in [1.29, 1.82) is 0 Å². The third kappa shape index (κ3) is 4.42. The second-order valence-corrected chi connectivity index (χ2v) is 8.78. The average Bonchev–Trinajstić information content (AvgIpc) is 3.16. The minimum atomic E-state index is -0.654. The number of hydrogen-bond donors (Lipinski definition) is 0. The maximum absolute atomic E-state index is 11.7. The van der Waals surface area contributed by atoms with E-state index in [9.17, 15) is 9.59 Å². The van der Waals surface area contributed by atoms with E-state index in [4.69, 9.17) is 28.9 Å². The van der Waals surface area contributed by atoms with E-state index in [1.807, 2.05) is 27.7 Å². The van der Waals surface area contributed by atoms with Gasteiger partial charge in [-0.15, -0.1) is 0 Å². The van der Waals surface area contributed by atoms with Crippen molar-refractivity contribution >= 4 is 23.7 Å². The van der Waals surface area contributed by atoms with Crippen LogP contribution >= 0.6 is 0 Å². The summed E-state index contributed by atoms with van der Waals surface area (Å²) < 4.78 is 21.6. The molecule has 0 saturated heterocycles. The molecule has 1 aliphatic carbocycles. The maximum Gasteiger partial charge on any atom is 0.333 e. The van der Waals surface area contributed by atoms with E-state index >= 15 is 0 Å². The van der Waals surface area contributed by atoms with Crippen molar-refractivity contribution in [2.45, 2.75) is 64.5 Å². The minimum Gasteiger partial charge on any atom is -0.466 e. The van der Waals surface area contributed by atoms with Gasteiger partial charge in [-0.1, -0.05) is 12.8 Å². The summed E-state index contributed by atoms with van der Waals surface area (Å²) in [6, 6.07) is 0. The van der Waals surface area contributed by atoms with E-state index in [1.165, 1.54) is 26.4 Å². The first-order valence-electron chi connectivity index (χ1n) is 10.2. The predicted molar refractivity (Wildman–Crippen MR) is 111 cm³/mol. The lowest BCUT2D eigenvalue weighted by Crippen LogP contribution is -2.33.